The quantitative estimate of drug-likeness (QED) is 0.910. The SMILES string of the molecule is C[C@@H]1CN(S(=O)(=O)N[C@@H]2C[C@H]2c2cccc(Cl)c2)[C@H](C)CO1. The molecule has 0 radical (unpaired) electrons. The maximum Gasteiger partial charge on any atom is 0.280 e. The lowest BCUT2D eigenvalue weighted by Crippen LogP contribution is -2.54. The number of halogens is 1. The topological polar surface area (TPSA) is 58.6 Å². The van der Waals surface area contributed by atoms with E-state index >= 15 is 0 Å². The van der Waals surface area contributed by atoms with E-state index in [4.69, 9.17) is 16.3 Å². The number of nitrogens with one attached hydrogen (secondary N) is 1. The van der Waals surface area contributed by atoms with Crippen molar-refractivity contribution in [1.82, 2.24) is 9.03 Å². The Morgan fingerprint density at radius 3 is 2.86 bits per heavy atom. The lowest BCUT2D eigenvalue weighted by Gasteiger charge is -2.35. The molecule has 1 aromatic carbocycles. The molecule has 22 heavy (non-hydrogen) atoms. The fourth-order valence-corrected chi connectivity index (χ4v) is 4.82. The largest absolute Gasteiger partial charge is 0.375 e. The highest BCUT2D eigenvalue weighted by Gasteiger charge is 2.43. The average molecular weight is 345 g/mol. The van der Waals surface area contributed by atoms with Crippen LogP contribution in [0, 0.1) is 0 Å². The van der Waals surface area contributed by atoms with Crippen molar-refractivity contribution in [3.63, 3.8) is 0 Å². The summed E-state index contributed by atoms with van der Waals surface area (Å²) in [5, 5.41) is 0.682. The summed E-state index contributed by atoms with van der Waals surface area (Å²) in [6.45, 7) is 4.59. The molecule has 1 saturated heterocycles. The van der Waals surface area contributed by atoms with Crippen molar-refractivity contribution in [3.05, 3.63) is 34.9 Å². The van der Waals surface area contributed by atoms with Gasteiger partial charge in [0.1, 0.15) is 0 Å². The Morgan fingerprint density at radius 1 is 1.36 bits per heavy atom. The van der Waals surface area contributed by atoms with Crippen LogP contribution in [0.2, 0.25) is 5.02 Å². The number of rotatable bonds is 4. The van der Waals surface area contributed by atoms with E-state index < -0.39 is 10.2 Å². The summed E-state index contributed by atoms with van der Waals surface area (Å²) in [4.78, 5) is 0. The summed E-state index contributed by atoms with van der Waals surface area (Å²) < 4.78 is 35.0. The maximum absolute atomic E-state index is 12.6. The van der Waals surface area contributed by atoms with Crippen LogP contribution in [-0.2, 0) is 14.9 Å². The molecular weight excluding hydrogens is 324 g/mol. The summed E-state index contributed by atoms with van der Waals surface area (Å²) in [6, 6.07) is 7.42. The molecule has 0 amide bonds. The molecule has 5 nitrogen and oxygen atoms in total. The number of benzene rings is 1. The molecule has 1 saturated carbocycles. The van der Waals surface area contributed by atoms with Gasteiger partial charge in [-0.25, -0.2) is 0 Å². The number of ether oxygens (including phenoxy) is 1. The highest BCUT2D eigenvalue weighted by molar-refractivity contribution is 7.87. The molecule has 4 atom stereocenters. The van der Waals surface area contributed by atoms with Crippen molar-refractivity contribution in [3.8, 4) is 0 Å². The Kier molecular flexibility index (Phi) is 4.49. The first-order chi connectivity index (χ1) is 10.4. The average Bonchev–Trinajstić information content (AvgIpc) is 3.20. The van der Waals surface area contributed by atoms with Crippen LogP contribution in [0.1, 0.15) is 31.7 Å². The van der Waals surface area contributed by atoms with E-state index in [2.05, 4.69) is 4.72 Å². The normalized spacial score (nSPS) is 32.9. The molecule has 1 heterocycles. The minimum atomic E-state index is -3.48. The second kappa shape index (κ2) is 6.09. The van der Waals surface area contributed by atoms with Gasteiger partial charge in [-0.2, -0.15) is 17.4 Å². The van der Waals surface area contributed by atoms with E-state index in [0.717, 1.165) is 12.0 Å². The molecule has 0 aromatic heterocycles. The lowest BCUT2D eigenvalue weighted by atomic mass is 10.1. The third-order valence-corrected chi connectivity index (χ3v) is 6.19. The number of hydrogen-bond donors (Lipinski definition) is 1. The van der Waals surface area contributed by atoms with Crippen LogP contribution >= 0.6 is 11.6 Å². The number of morpholine rings is 1. The van der Waals surface area contributed by atoms with Gasteiger partial charge >= 0.3 is 0 Å². The third kappa shape index (κ3) is 3.46. The fraction of sp³-hybridized carbons (Fsp3) is 0.600. The second-order valence-electron chi connectivity index (χ2n) is 6.19. The van der Waals surface area contributed by atoms with Gasteiger partial charge in [-0.15, -0.1) is 0 Å². The van der Waals surface area contributed by atoms with Gasteiger partial charge in [0.05, 0.1) is 12.7 Å². The van der Waals surface area contributed by atoms with E-state index in [0.29, 0.717) is 18.2 Å². The minimum Gasteiger partial charge on any atom is -0.375 e. The van der Waals surface area contributed by atoms with E-state index in [-0.39, 0.29) is 24.1 Å². The third-order valence-electron chi connectivity index (χ3n) is 4.23. The Labute approximate surface area is 136 Å². The number of nitrogens with zero attached hydrogens (tertiary/aromatic N) is 1. The van der Waals surface area contributed by atoms with Crippen LogP contribution in [0.4, 0.5) is 0 Å². The Hall–Kier alpha value is -0.660. The van der Waals surface area contributed by atoms with Crippen molar-refractivity contribution in [2.45, 2.75) is 44.4 Å². The zero-order valence-electron chi connectivity index (χ0n) is 12.7. The Balaban J connectivity index is 1.66. The lowest BCUT2D eigenvalue weighted by molar-refractivity contribution is -0.0175. The highest BCUT2D eigenvalue weighted by atomic mass is 35.5. The maximum atomic E-state index is 12.6. The van der Waals surface area contributed by atoms with Gasteiger partial charge in [-0.3, -0.25) is 0 Å². The van der Waals surface area contributed by atoms with Gasteiger partial charge in [0.15, 0.2) is 0 Å². The smallest absolute Gasteiger partial charge is 0.280 e. The molecule has 1 aliphatic carbocycles. The molecule has 2 aliphatic rings. The van der Waals surface area contributed by atoms with Gasteiger partial charge in [0.25, 0.3) is 10.2 Å². The standard InChI is InChI=1S/C15H21ClN2O3S/c1-10-9-21-11(2)8-18(10)22(19,20)17-15-7-14(15)12-4-3-5-13(16)6-12/h3-6,10-11,14-15,17H,7-9H2,1-2H3/t10-,11-,14+,15-/m1/s1. The van der Waals surface area contributed by atoms with Gasteiger partial charge in [-0.1, -0.05) is 23.7 Å². The monoisotopic (exact) mass is 344 g/mol. The summed E-state index contributed by atoms with van der Waals surface area (Å²) in [7, 11) is -3.48. The summed E-state index contributed by atoms with van der Waals surface area (Å²) in [5.74, 6) is 0.210. The second-order valence-corrected chi connectivity index (χ2v) is 8.28. The molecule has 3 rings (SSSR count). The molecular formula is C15H21ClN2O3S. The first-order valence-corrected chi connectivity index (χ1v) is 9.35. The van der Waals surface area contributed by atoms with Gasteiger partial charge in [-0.05, 0) is 38.0 Å². The first kappa shape index (κ1) is 16.2. The molecule has 7 heteroatoms. The van der Waals surface area contributed by atoms with Crippen LogP contribution in [0.15, 0.2) is 24.3 Å². The van der Waals surface area contributed by atoms with Crippen molar-refractivity contribution in [2.75, 3.05) is 13.2 Å². The fourth-order valence-electron chi connectivity index (χ4n) is 2.90. The van der Waals surface area contributed by atoms with Crippen LogP contribution in [0.5, 0.6) is 0 Å². The van der Waals surface area contributed by atoms with Gasteiger partial charge < -0.3 is 4.74 Å². The predicted molar refractivity (Wildman–Crippen MR) is 86.2 cm³/mol. The van der Waals surface area contributed by atoms with E-state index in [1.54, 1.807) is 0 Å². The van der Waals surface area contributed by atoms with Crippen molar-refractivity contribution in [1.29, 1.82) is 0 Å². The zero-order valence-corrected chi connectivity index (χ0v) is 14.3. The van der Waals surface area contributed by atoms with Gasteiger partial charge in [0.2, 0.25) is 0 Å². The van der Waals surface area contributed by atoms with Crippen LogP contribution in [0.25, 0.3) is 0 Å². The van der Waals surface area contributed by atoms with E-state index in [1.807, 2.05) is 38.1 Å². The van der Waals surface area contributed by atoms with Crippen LogP contribution < -0.4 is 4.72 Å². The first-order valence-electron chi connectivity index (χ1n) is 7.53. The van der Waals surface area contributed by atoms with Crippen LogP contribution in [-0.4, -0.2) is 44.1 Å². The predicted octanol–water partition coefficient (Wildman–Crippen LogP) is 2.14. The molecule has 0 unspecified atom stereocenters. The molecule has 2 fully saturated rings. The summed E-state index contributed by atoms with van der Waals surface area (Å²) in [6.07, 6.45) is 0.740. The highest BCUT2D eigenvalue weighted by Crippen LogP contribution is 2.42. The molecule has 1 aliphatic heterocycles. The van der Waals surface area contributed by atoms with Crippen molar-refractivity contribution >= 4 is 21.8 Å². The zero-order chi connectivity index (χ0) is 15.9. The van der Waals surface area contributed by atoms with Gasteiger partial charge in [0, 0.05) is 29.6 Å². The summed E-state index contributed by atoms with van der Waals surface area (Å²) in [5.41, 5.74) is 1.09. The summed E-state index contributed by atoms with van der Waals surface area (Å²) >= 11 is 5.99. The molecule has 0 spiro atoms. The Morgan fingerprint density at radius 2 is 2.14 bits per heavy atom. The van der Waals surface area contributed by atoms with Crippen molar-refractivity contribution in [2.24, 2.45) is 0 Å². The molecule has 0 bridgehead atoms. The minimum absolute atomic E-state index is 0.0474. The molecule has 1 N–H and O–H groups in total. The number of hydrogen-bond acceptors (Lipinski definition) is 3. The van der Waals surface area contributed by atoms with Crippen molar-refractivity contribution < 1.29 is 13.2 Å². The van der Waals surface area contributed by atoms with E-state index in [9.17, 15) is 8.42 Å². The van der Waals surface area contributed by atoms with Crippen LogP contribution in [0.3, 0.4) is 0 Å². The molecule has 122 valence electrons. The molecule has 1 aromatic rings. The van der Waals surface area contributed by atoms with E-state index in [1.165, 1.54) is 4.31 Å². The Bertz CT molecular complexity index is 652.